The van der Waals surface area contributed by atoms with E-state index in [9.17, 15) is 0 Å². The molecule has 0 spiro atoms. The molecule has 1 aliphatic heterocycles. The lowest BCUT2D eigenvalue weighted by molar-refractivity contribution is -0.562. The fourth-order valence-corrected chi connectivity index (χ4v) is 6.08. The van der Waals surface area contributed by atoms with Crippen molar-refractivity contribution in [1.29, 1.82) is 0 Å². The van der Waals surface area contributed by atoms with Crippen molar-refractivity contribution in [2.75, 3.05) is 13.7 Å². The van der Waals surface area contributed by atoms with Gasteiger partial charge in [-0.15, -0.1) is 12.3 Å². The van der Waals surface area contributed by atoms with Crippen molar-refractivity contribution >= 4 is 19.2 Å². The molecule has 1 aromatic carbocycles. The number of benzene rings is 1. The maximum Gasteiger partial charge on any atom is 0.370 e. The lowest BCUT2D eigenvalue weighted by atomic mass is 9.99. The van der Waals surface area contributed by atoms with Gasteiger partial charge in [0.2, 0.25) is 0 Å². The molecule has 0 bridgehead atoms. The number of likely N-dealkylation sites (N-methyl/N-ethyl adjacent to an activating group) is 1. The summed E-state index contributed by atoms with van der Waals surface area (Å²) in [4.78, 5) is 0. The highest BCUT2D eigenvalue weighted by atomic mass is 28.3. The zero-order chi connectivity index (χ0) is 22.2. The van der Waals surface area contributed by atoms with Crippen LogP contribution in [-0.4, -0.2) is 37.7 Å². The van der Waals surface area contributed by atoms with Crippen LogP contribution in [0.1, 0.15) is 82.8 Å². The molecule has 3 heteroatoms. The number of terminal acetylenes is 1. The molecule has 1 heterocycles. The van der Waals surface area contributed by atoms with Crippen LogP contribution >= 0.6 is 0 Å². The predicted molar refractivity (Wildman–Crippen MR) is 134 cm³/mol. The molecule has 1 aliphatic rings. The minimum absolute atomic E-state index is 0.0575. The van der Waals surface area contributed by atoms with Crippen molar-refractivity contribution in [2.24, 2.45) is 0 Å². The van der Waals surface area contributed by atoms with Gasteiger partial charge in [0, 0.05) is 20.3 Å². The summed E-state index contributed by atoms with van der Waals surface area (Å²) in [6.45, 7) is 12.7. The molecule has 0 amide bonds. The summed E-state index contributed by atoms with van der Waals surface area (Å²) < 4.78 is 8.55. The normalized spacial score (nSPS) is 15.9. The zero-order valence-electron chi connectivity index (χ0n) is 20.4. The average Bonchev–Trinajstić information content (AvgIpc) is 2.95. The summed E-state index contributed by atoms with van der Waals surface area (Å²) in [7, 11) is 0.761. The Morgan fingerprint density at radius 3 is 2.13 bits per heavy atom. The molecule has 1 aromatic rings. The second-order valence-electron chi connectivity index (χ2n) is 10.6. The van der Waals surface area contributed by atoms with Crippen LogP contribution in [0.4, 0.5) is 0 Å². The van der Waals surface area contributed by atoms with Gasteiger partial charge < -0.3 is 4.74 Å². The van der Waals surface area contributed by atoms with E-state index < -0.39 is 8.07 Å². The van der Waals surface area contributed by atoms with Gasteiger partial charge in [0.1, 0.15) is 7.05 Å². The van der Waals surface area contributed by atoms with Gasteiger partial charge in [0.15, 0.2) is 12.1 Å². The molecule has 0 unspecified atom stereocenters. The van der Waals surface area contributed by atoms with Gasteiger partial charge >= 0.3 is 5.90 Å². The Morgan fingerprint density at radius 2 is 1.60 bits per heavy atom. The van der Waals surface area contributed by atoms with Gasteiger partial charge in [-0.2, -0.15) is 4.58 Å². The summed E-state index contributed by atoms with van der Waals surface area (Å²) >= 11 is 0. The standard InChI is InChI=1S/C27H44NOSi/c1-8-9-10-11-12-13-14-15-16-17-19-23-24(20-18-21-25(23)30(5,6)7)26-28(4)27(2,3)22-29-26/h1,18,20-21H,9-17,19,22H2,2-7H3/q+1. The first-order chi connectivity index (χ1) is 14.2. The van der Waals surface area contributed by atoms with E-state index in [1.807, 2.05) is 0 Å². The van der Waals surface area contributed by atoms with Crippen LogP contribution < -0.4 is 5.19 Å². The van der Waals surface area contributed by atoms with Crippen molar-refractivity contribution in [3.05, 3.63) is 29.3 Å². The van der Waals surface area contributed by atoms with E-state index in [4.69, 9.17) is 11.2 Å². The maximum atomic E-state index is 6.22. The smallest absolute Gasteiger partial charge is 0.370 e. The number of rotatable bonds is 12. The van der Waals surface area contributed by atoms with Crippen LogP contribution in [-0.2, 0) is 11.2 Å². The first-order valence-electron chi connectivity index (χ1n) is 12.0. The summed E-state index contributed by atoms with van der Waals surface area (Å²) in [6.07, 6.45) is 17.9. The van der Waals surface area contributed by atoms with Crippen molar-refractivity contribution in [3.8, 4) is 12.3 Å². The summed E-state index contributed by atoms with van der Waals surface area (Å²) in [6, 6.07) is 6.90. The van der Waals surface area contributed by atoms with E-state index >= 15 is 0 Å². The molecule has 0 radical (unpaired) electrons. The van der Waals surface area contributed by atoms with E-state index in [0.29, 0.717) is 0 Å². The second kappa shape index (κ2) is 11.2. The first kappa shape index (κ1) is 24.7. The molecular formula is C27H44NOSi+. The molecule has 0 aromatic heterocycles. The van der Waals surface area contributed by atoms with Gasteiger partial charge in [0.05, 0.1) is 13.6 Å². The third kappa shape index (κ3) is 6.74. The highest BCUT2D eigenvalue weighted by molar-refractivity contribution is 6.89. The number of hydrogen-bond acceptors (Lipinski definition) is 1. The Hall–Kier alpha value is -1.53. The van der Waals surface area contributed by atoms with E-state index in [0.717, 1.165) is 18.9 Å². The van der Waals surface area contributed by atoms with Gasteiger partial charge in [-0.3, -0.25) is 0 Å². The molecule has 2 nitrogen and oxygen atoms in total. The molecule has 30 heavy (non-hydrogen) atoms. The number of unbranched alkanes of at least 4 members (excludes halogenated alkanes) is 8. The predicted octanol–water partition coefficient (Wildman–Crippen LogP) is 6.12. The Bertz CT molecular complexity index is 764. The quantitative estimate of drug-likeness (QED) is 0.170. The SMILES string of the molecule is C#CCCCCCCCCCCc1c(C2=[N+](C)C(C)(C)CO2)cccc1[Si](C)(C)C. The molecule has 2 rings (SSSR count). The maximum absolute atomic E-state index is 6.22. The fraction of sp³-hybridized carbons (Fsp3) is 0.667. The molecular weight excluding hydrogens is 382 g/mol. The third-order valence-corrected chi connectivity index (χ3v) is 8.57. The Balaban J connectivity index is 2.01. The minimum atomic E-state index is -1.42. The molecule has 0 saturated carbocycles. The minimum Gasteiger partial charge on any atom is -0.437 e. The van der Waals surface area contributed by atoms with E-state index in [2.05, 4.69) is 69.2 Å². The summed E-state index contributed by atoms with van der Waals surface area (Å²) in [5, 5.41) is 1.60. The van der Waals surface area contributed by atoms with Gasteiger partial charge in [-0.1, -0.05) is 75.5 Å². The Labute approximate surface area is 187 Å². The summed E-state index contributed by atoms with van der Waals surface area (Å²) in [5.41, 5.74) is 2.93. The number of nitrogens with zero attached hydrogens (tertiary/aromatic N) is 1. The van der Waals surface area contributed by atoms with Crippen molar-refractivity contribution in [2.45, 2.75) is 103 Å². The van der Waals surface area contributed by atoms with Crippen molar-refractivity contribution < 1.29 is 9.31 Å². The molecule has 0 aliphatic carbocycles. The highest BCUT2D eigenvalue weighted by Crippen LogP contribution is 2.23. The largest absolute Gasteiger partial charge is 0.437 e. The molecule has 0 atom stereocenters. The molecule has 166 valence electrons. The first-order valence-corrected chi connectivity index (χ1v) is 15.5. The molecule has 0 fully saturated rings. The topological polar surface area (TPSA) is 12.2 Å². The number of ether oxygens (including phenoxy) is 1. The van der Waals surface area contributed by atoms with E-state index in [1.165, 1.54) is 63.4 Å². The second-order valence-corrected chi connectivity index (χ2v) is 15.6. The van der Waals surface area contributed by atoms with Gasteiger partial charge in [0.25, 0.3) is 0 Å². The van der Waals surface area contributed by atoms with Crippen LogP contribution in [0.5, 0.6) is 0 Å². The van der Waals surface area contributed by atoms with E-state index in [-0.39, 0.29) is 5.54 Å². The van der Waals surface area contributed by atoms with Gasteiger partial charge in [-0.05, 0) is 30.9 Å². The number of hydrogen-bond donors (Lipinski definition) is 0. The van der Waals surface area contributed by atoms with Crippen molar-refractivity contribution in [1.82, 2.24) is 0 Å². The summed E-state index contributed by atoms with van der Waals surface area (Å²) in [5.74, 6) is 3.81. The lowest BCUT2D eigenvalue weighted by Gasteiger charge is -2.23. The third-order valence-electron chi connectivity index (χ3n) is 6.49. The monoisotopic (exact) mass is 426 g/mol. The van der Waals surface area contributed by atoms with Gasteiger partial charge in [-0.25, -0.2) is 0 Å². The van der Waals surface area contributed by atoms with Crippen LogP contribution in [0.2, 0.25) is 19.6 Å². The highest BCUT2D eigenvalue weighted by Gasteiger charge is 2.41. The van der Waals surface area contributed by atoms with Crippen LogP contribution in [0.3, 0.4) is 0 Å². The zero-order valence-corrected chi connectivity index (χ0v) is 21.4. The van der Waals surface area contributed by atoms with Crippen LogP contribution in [0, 0.1) is 12.3 Å². The fourth-order valence-electron chi connectivity index (χ4n) is 4.32. The molecule has 0 N–H and O–H groups in total. The Kier molecular flexibility index (Phi) is 9.23. The van der Waals surface area contributed by atoms with Crippen LogP contribution in [0.15, 0.2) is 18.2 Å². The lowest BCUT2D eigenvalue weighted by Crippen LogP contribution is -2.41. The Morgan fingerprint density at radius 1 is 1.00 bits per heavy atom. The van der Waals surface area contributed by atoms with E-state index in [1.54, 1.807) is 10.8 Å². The van der Waals surface area contributed by atoms with Crippen LogP contribution in [0.25, 0.3) is 0 Å². The van der Waals surface area contributed by atoms with Crippen molar-refractivity contribution in [3.63, 3.8) is 0 Å². The molecule has 0 saturated heterocycles. The average molecular weight is 427 g/mol.